The Morgan fingerprint density at radius 2 is 2.32 bits per heavy atom. The van der Waals surface area contributed by atoms with Crippen LogP contribution in [0.15, 0.2) is 22.7 Å². The SMILES string of the molecule is CCNC(CCC1CCCO1)c1ccc(Br)c(C)c1. The normalized spacial score (nSPS) is 20.7. The lowest BCUT2D eigenvalue weighted by Crippen LogP contribution is -2.22. The number of rotatable bonds is 6. The topological polar surface area (TPSA) is 21.3 Å². The molecule has 1 fully saturated rings. The summed E-state index contributed by atoms with van der Waals surface area (Å²) in [6.45, 7) is 6.28. The minimum Gasteiger partial charge on any atom is -0.378 e. The van der Waals surface area contributed by atoms with Crippen molar-refractivity contribution in [1.82, 2.24) is 5.32 Å². The lowest BCUT2D eigenvalue weighted by molar-refractivity contribution is 0.0996. The van der Waals surface area contributed by atoms with Crippen molar-refractivity contribution < 1.29 is 4.74 Å². The molecule has 0 spiro atoms. The molecule has 2 rings (SSSR count). The molecule has 2 atom stereocenters. The summed E-state index contributed by atoms with van der Waals surface area (Å²) >= 11 is 3.57. The number of hydrogen-bond donors (Lipinski definition) is 1. The van der Waals surface area contributed by atoms with Crippen LogP contribution in [0.1, 0.15) is 49.8 Å². The highest BCUT2D eigenvalue weighted by atomic mass is 79.9. The van der Waals surface area contributed by atoms with E-state index in [0.717, 1.165) is 26.0 Å². The first-order chi connectivity index (χ1) is 9.20. The first kappa shape index (κ1) is 15.0. The van der Waals surface area contributed by atoms with Gasteiger partial charge in [-0.05, 0) is 56.3 Å². The van der Waals surface area contributed by atoms with Gasteiger partial charge in [-0.15, -0.1) is 0 Å². The number of hydrogen-bond acceptors (Lipinski definition) is 2. The average molecular weight is 326 g/mol. The maximum absolute atomic E-state index is 5.72. The zero-order valence-corrected chi connectivity index (χ0v) is 13.5. The molecule has 0 amide bonds. The molecule has 1 aliphatic rings. The van der Waals surface area contributed by atoms with Gasteiger partial charge in [0.1, 0.15) is 0 Å². The second-order valence-corrected chi connectivity index (χ2v) is 6.19. The molecule has 0 aliphatic carbocycles. The molecule has 1 N–H and O–H groups in total. The Kier molecular flexibility index (Phi) is 5.86. The number of aryl methyl sites for hydroxylation is 1. The van der Waals surface area contributed by atoms with Crippen LogP contribution in [0.5, 0.6) is 0 Å². The molecule has 1 aromatic rings. The highest BCUT2D eigenvalue weighted by Crippen LogP contribution is 2.26. The lowest BCUT2D eigenvalue weighted by atomic mass is 9.98. The predicted octanol–water partition coefficient (Wildman–Crippen LogP) is 4.37. The van der Waals surface area contributed by atoms with Gasteiger partial charge in [-0.3, -0.25) is 0 Å². The van der Waals surface area contributed by atoms with Crippen LogP contribution in [-0.4, -0.2) is 19.3 Å². The molecule has 1 aromatic carbocycles. The lowest BCUT2D eigenvalue weighted by Gasteiger charge is -2.21. The third-order valence-electron chi connectivity index (χ3n) is 3.84. The van der Waals surface area contributed by atoms with E-state index < -0.39 is 0 Å². The quantitative estimate of drug-likeness (QED) is 0.838. The van der Waals surface area contributed by atoms with Crippen molar-refractivity contribution in [2.75, 3.05) is 13.2 Å². The zero-order chi connectivity index (χ0) is 13.7. The Morgan fingerprint density at radius 3 is 2.95 bits per heavy atom. The highest BCUT2D eigenvalue weighted by molar-refractivity contribution is 9.10. The predicted molar refractivity (Wildman–Crippen MR) is 83.5 cm³/mol. The summed E-state index contributed by atoms with van der Waals surface area (Å²) in [6, 6.07) is 7.11. The largest absolute Gasteiger partial charge is 0.378 e. The van der Waals surface area contributed by atoms with Gasteiger partial charge in [-0.25, -0.2) is 0 Å². The molecule has 2 unspecified atom stereocenters. The van der Waals surface area contributed by atoms with E-state index in [2.05, 4.69) is 53.3 Å². The Hall–Kier alpha value is -0.380. The van der Waals surface area contributed by atoms with Crippen molar-refractivity contribution in [3.8, 4) is 0 Å². The third-order valence-corrected chi connectivity index (χ3v) is 4.73. The zero-order valence-electron chi connectivity index (χ0n) is 11.9. The third kappa shape index (κ3) is 4.30. The fourth-order valence-corrected chi connectivity index (χ4v) is 2.99. The summed E-state index contributed by atoms with van der Waals surface area (Å²) in [5.74, 6) is 0. The summed E-state index contributed by atoms with van der Waals surface area (Å²) in [5.41, 5.74) is 2.69. The number of halogens is 1. The summed E-state index contributed by atoms with van der Waals surface area (Å²) in [4.78, 5) is 0. The molecule has 1 saturated heterocycles. The molecule has 19 heavy (non-hydrogen) atoms. The number of benzene rings is 1. The fourth-order valence-electron chi connectivity index (χ4n) is 2.74. The van der Waals surface area contributed by atoms with Gasteiger partial charge in [0.15, 0.2) is 0 Å². The van der Waals surface area contributed by atoms with Gasteiger partial charge < -0.3 is 10.1 Å². The standard InChI is InChI=1S/C16H24BrNO/c1-3-18-16(9-7-14-5-4-10-19-14)13-6-8-15(17)12(2)11-13/h6,8,11,14,16,18H,3-5,7,9-10H2,1-2H3. The van der Waals surface area contributed by atoms with Crippen molar-refractivity contribution in [2.24, 2.45) is 0 Å². The summed E-state index contributed by atoms with van der Waals surface area (Å²) in [6.07, 6.45) is 5.26. The van der Waals surface area contributed by atoms with E-state index in [0.29, 0.717) is 12.1 Å². The van der Waals surface area contributed by atoms with Gasteiger partial charge >= 0.3 is 0 Å². The molecule has 0 bridgehead atoms. The van der Waals surface area contributed by atoms with E-state index in [-0.39, 0.29) is 0 Å². The van der Waals surface area contributed by atoms with Gasteiger partial charge in [0.2, 0.25) is 0 Å². The second-order valence-electron chi connectivity index (χ2n) is 5.33. The van der Waals surface area contributed by atoms with Crippen molar-refractivity contribution in [3.05, 3.63) is 33.8 Å². The minimum absolute atomic E-state index is 0.445. The minimum atomic E-state index is 0.445. The molecular weight excluding hydrogens is 302 g/mol. The molecule has 3 heteroatoms. The maximum atomic E-state index is 5.72. The fraction of sp³-hybridized carbons (Fsp3) is 0.625. The van der Waals surface area contributed by atoms with Crippen LogP contribution in [0.2, 0.25) is 0 Å². The van der Waals surface area contributed by atoms with Gasteiger partial charge in [0, 0.05) is 17.1 Å². The van der Waals surface area contributed by atoms with Crippen LogP contribution < -0.4 is 5.32 Å². The van der Waals surface area contributed by atoms with E-state index in [9.17, 15) is 0 Å². The Bertz CT molecular complexity index is 402. The maximum Gasteiger partial charge on any atom is 0.0576 e. The van der Waals surface area contributed by atoms with E-state index in [4.69, 9.17) is 4.74 Å². The molecule has 0 saturated carbocycles. The van der Waals surface area contributed by atoms with Crippen molar-refractivity contribution in [1.29, 1.82) is 0 Å². The molecule has 2 nitrogen and oxygen atoms in total. The van der Waals surface area contributed by atoms with E-state index in [1.54, 1.807) is 0 Å². The molecule has 0 radical (unpaired) electrons. The van der Waals surface area contributed by atoms with Gasteiger partial charge in [0.05, 0.1) is 6.10 Å². The summed E-state index contributed by atoms with van der Waals surface area (Å²) < 4.78 is 6.91. The first-order valence-electron chi connectivity index (χ1n) is 7.31. The van der Waals surface area contributed by atoms with E-state index in [1.165, 1.54) is 28.4 Å². The van der Waals surface area contributed by atoms with Crippen LogP contribution in [-0.2, 0) is 4.74 Å². The molecule has 1 aliphatic heterocycles. The van der Waals surface area contributed by atoms with Crippen LogP contribution in [0.3, 0.4) is 0 Å². The van der Waals surface area contributed by atoms with Crippen LogP contribution in [0, 0.1) is 6.92 Å². The van der Waals surface area contributed by atoms with E-state index >= 15 is 0 Å². The molecular formula is C16H24BrNO. The van der Waals surface area contributed by atoms with Crippen molar-refractivity contribution in [3.63, 3.8) is 0 Å². The van der Waals surface area contributed by atoms with Gasteiger partial charge in [-0.1, -0.05) is 35.0 Å². The number of nitrogens with one attached hydrogen (secondary N) is 1. The Morgan fingerprint density at radius 1 is 1.47 bits per heavy atom. The Labute approximate surface area is 125 Å². The molecule has 1 heterocycles. The van der Waals surface area contributed by atoms with E-state index in [1.807, 2.05) is 0 Å². The average Bonchev–Trinajstić information content (AvgIpc) is 2.91. The molecule has 106 valence electrons. The van der Waals surface area contributed by atoms with Crippen molar-refractivity contribution >= 4 is 15.9 Å². The van der Waals surface area contributed by atoms with Crippen LogP contribution in [0.4, 0.5) is 0 Å². The van der Waals surface area contributed by atoms with Crippen LogP contribution >= 0.6 is 15.9 Å². The highest BCUT2D eigenvalue weighted by Gasteiger charge is 2.18. The van der Waals surface area contributed by atoms with Crippen molar-refractivity contribution in [2.45, 2.75) is 51.7 Å². The first-order valence-corrected chi connectivity index (χ1v) is 8.11. The monoisotopic (exact) mass is 325 g/mol. The van der Waals surface area contributed by atoms with Gasteiger partial charge in [0.25, 0.3) is 0 Å². The van der Waals surface area contributed by atoms with Gasteiger partial charge in [-0.2, -0.15) is 0 Å². The smallest absolute Gasteiger partial charge is 0.0576 e. The van der Waals surface area contributed by atoms with Crippen LogP contribution in [0.25, 0.3) is 0 Å². The Balaban J connectivity index is 1.99. The molecule has 0 aromatic heterocycles. The summed E-state index contributed by atoms with van der Waals surface area (Å²) in [5, 5.41) is 3.60. The summed E-state index contributed by atoms with van der Waals surface area (Å²) in [7, 11) is 0. The second kappa shape index (κ2) is 7.41. The number of ether oxygens (including phenoxy) is 1.